The van der Waals surface area contributed by atoms with Gasteiger partial charge in [-0.2, -0.15) is 0 Å². The summed E-state index contributed by atoms with van der Waals surface area (Å²) < 4.78 is 1.29. The second-order valence-electron chi connectivity index (χ2n) is 19.1. The summed E-state index contributed by atoms with van der Waals surface area (Å²) in [6.45, 7) is 9.89. The van der Waals surface area contributed by atoms with E-state index in [1.54, 1.807) is 11.3 Å². The topological polar surface area (TPSA) is 3.24 Å². The molecule has 9 aromatic carbocycles. The summed E-state index contributed by atoms with van der Waals surface area (Å²) in [6.07, 6.45) is 0. The van der Waals surface area contributed by atoms with Gasteiger partial charge in [0.1, 0.15) is 0 Å². The van der Waals surface area contributed by atoms with Crippen molar-refractivity contribution in [3.8, 4) is 22.3 Å². The van der Waals surface area contributed by atoms with Crippen LogP contribution in [0.2, 0.25) is 18.6 Å². The van der Waals surface area contributed by atoms with Crippen molar-refractivity contribution in [2.24, 2.45) is 0 Å². The van der Waals surface area contributed by atoms with Crippen molar-refractivity contribution in [2.45, 2.75) is 43.3 Å². The molecule has 1 nitrogen and oxygen atoms in total. The van der Waals surface area contributed by atoms with Crippen LogP contribution in [0, 0.1) is 0 Å². The van der Waals surface area contributed by atoms with Gasteiger partial charge >= 0.3 is 0 Å². The minimum atomic E-state index is -1.80. The van der Waals surface area contributed by atoms with Crippen LogP contribution in [-0.2, 0) is 10.8 Å². The van der Waals surface area contributed by atoms with Crippen LogP contribution in [0.15, 0.2) is 230 Å². The van der Waals surface area contributed by atoms with E-state index in [9.17, 15) is 0 Å². The van der Waals surface area contributed by atoms with Crippen molar-refractivity contribution >= 4 is 51.7 Å². The molecule has 12 rings (SSSR count). The summed E-state index contributed by atoms with van der Waals surface area (Å²) in [5.41, 5.74) is 18.5. The quantitative estimate of drug-likeness (QED) is 0.131. The molecule has 1 aromatic heterocycles. The van der Waals surface area contributed by atoms with E-state index in [1.807, 2.05) is 0 Å². The van der Waals surface area contributed by atoms with Gasteiger partial charge in [0.25, 0.3) is 0 Å². The van der Waals surface area contributed by atoms with Gasteiger partial charge in [-0.05, 0) is 132 Å². The Morgan fingerprint density at radius 2 is 0.803 bits per heavy atom. The molecule has 0 radical (unpaired) electrons. The van der Waals surface area contributed by atoms with E-state index in [2.05, 4.69) is 262 Å². The fourth-order valence-corrected chi connectivity index (χ4v) is 13.9. The molecule has 0 amide bonds. The van der Waals surface area contributed by atoms with Crippen LogP contribution < -0.4 is 10.1 Å². The van der Waals surface area contributed by atoms with E-state index in [-0.39, 0.29) is 0 Å². The van der Waals surface area contributed by atoms with Gasteiger partial charge in [0.05, 0.1) is 18.9 Å². The van der Waals surface area contributed by atoms with Crippen molar-refractivity contribution < 1.29 is 0 Å². The maximum atomic E-state index is 2.61. The molecule has 0 spiro atoms. The van der Waals surface area contributed by atoms with E-state index >= 15 is 0 Å². The van der Waals surface area contributed by atoms with Crippen LogP contribution >= 0.6 is 11.3 Å². The molecule has 0 fully saturated rings. The first-order valence-corrected chi connectivity index (χ1v) is 27.3. The predicted octanol–water partition coefficient (Wildman–Crippen LogP) is 16.4. The van der Waals surface area contributed by atoms with Crippen LogP contribution in [0.5, 0.6) is 0 Å². The van der Waals surface area contributed by atoms with Gasteiger partial charge in [-0.3, -0.25) is 0 Å². The Bertz CT molecular complexity index is 3350. The lowest BCUT2D eigenvalue weighted by molar-refractivity contribution is 0.767. The highest BCUT2D eigenvalue weighted by molar-refractivity contribution is 7.17. The molecule has 10 aromatic rings. The van der Waals surface area contributed by atoms with E-state index in [1.165, 1.54) is 82.0 Å². The third-order valence-electron chi connectivity index (χ3n) is 15.4. The summed E-state index contributed by atoms with van der Waals surface area (Å²) >= 11 is 1.80. The number of anilines is 3. The van der Waals surface area contributed by atoms with Gasteiger partial charge in [-0.15, -0.1) is 11.3 Å². The predicted molar refractivity (Wildman–Crippen MR) is 283 cm³/mol. The third kappa shape index (κ3) is 5.89. The Kier molecular flexibility index (Phi) is 9.53. The molecule has 2 aliphatic rings. The highest BCUT2D eigenvalue weighted by Crippen LogP contribution is 2.59. The van der Waals surface area contributed by atoms with Crippen molar-refractivity contribution in [3.63, 3.8) is 0 Å². The number of benzene rings is 9. The normalized spacial score (nSPS) is 14.1. The summed E-state index contributed by atoms with van der Waals surface area (Å²) in [6, 6.07) is 85.2. The number of fused-ring (bicyclic) bond motifs is 7. The molecule has 2 aliphatic carbocycles. The number of hydrogen-bond donors (Lipinski definition) is 0. The molecule has 1 heterocycles. The number of rotatable bonds is 9. The summed E-state index contributed by atoms with van der Waals surface area (Å²) in [5.74, 6) is 0. The molecule has 0 atom stereocenters. The molecule has 0 bridgehead atoms. The van der Waals surface area contributed by atoms with Crippen LogP contribution in [0.3, 0.4) is 0 Å². The van der Waals surface area contributed by atoms with Crippen LogP contribution in [0.4, 0.5) is 17.1 Å². The van der Waals surface area contributed by atoms with Gasteiger partial charge in [-0.1, -0.05) is 208 Å². The number of thiophene rings is 1. The smallest absolute Gasteiger partial charge is 0.0831 e. The standard InChI is InChI=1S/C63H51NSSi/c1-43(2)66(3,4)52-32-35-56-55-34-30-51(41-59(55)63(60(56)42-52,47-23-13-7-14-24-47)48-25-15-8-16-26-48)64(49-31-36-61-44(39-49)37-38-65-61)50-29-33-54-53-27-17-18-28-57(53)62(58(54)40-50,45-19-9-5-10-20-45)46-21-11-6-12-22-46/h5-43H,1-4H3. The van der Waals surface area contributed by atoms with Crippen LogP contribution in [0.25, 0.3) is 32.3 Å². The molecule has 318 valence electrons. The zero-order chi connectivity index (χ0) is 44.6. The maximum absolute atomic E-state index is 2.61. The average molecular weight is 882 g/mol. The van der Waals surface area contributed by atoms with E-state index in [4.69, 9.17) is 0 Å². The molecular formula is C63H51NSSi. The second kappa shape index (κ2) is 15.6. The summed E-state index contributed by atoms with van der Waals surface area (Å²) in [7, 11) is -1.80. The Morgan fingerprint density at radius 3 is 1.32 bits per heavy atom. The molecule has 0 saturated heterocycles. The fraction of sp³-hybridized carbons (Fsp3) is 0.111. The van der Waals surface area contributed by atoms with Gasteiger partial charge < -0.3 is 4.90 Å². The zero-order valence-corrected chi connectivity index (χ0v) is 39.7. The lowest BCUT2D eigenvalue weighted by Gasteiger charge is -2.36. The first-order valence-electron chi connectivity index (χ1n) is 23.3. The fourth-order valence-electron chi connectivity index (χ4n) is 11.5. The SMILES string of the molecule is CC(C)[Si](C)(C)c1ccc2c(c1)C(c1ccccc1)(c1ccccc1)c1cc(N(c3ccc4c(c3)C(c3ccccc3)(c3ccccc3)c3ccccc3-4)c3ccc4sccc4c3)ccc1-2. The molecule has 0 unspecified atom stereocenters. The van der Waals surface area contributed by atoms with E-state index in [0.717, 1.165) is 17.1 Å². The van der Waals surface area contributed by atoms with Gasteiger partial charge in [0.15, 0.2) is 0 Å². The van der Waals surface area contributed by atoms with Crippen LogP contribution in [-0.4, -0.2) is 8.07 Å². The Hall–Kier alpha value is -7.04. The van der Waals surface area contributed by atoms with Gasteiger partial charge in [0.2, 0.25) is 0 Å². The van der Waals surface area contributed by atoms with Crippen molar-refractivity contribution in [2.75, 3.05) is 4.90 Å². The molecular weight excluding hydrogens is 831 g/mol. The summed E-state index contributed by atoms with van der Waals surface area (Å²) in [4.78, 5) is 2.52. The maximum Gasteiger partial charge on any atom is 0.0831 e. The first kappa shape index (κ1) is 40.5. The monoisotopic (exact) mass is 881 g/mol. The van der Waals surface area contributed by atoms with Crippen LogP contribution in [0.1, 0.15) is 58.4 Å². The highest BCUT2D eigenvalue weighted by Gasteiger charge is 2.49. The third-order valence-corrected chi connectivity index (χ3v) is 21.0. The zero-order valence-electron chi connectivity index (χ0n) is 37.9. The minimum Gasteiger partial charge on any atom is -0.310 e. The number of hydrogen-bond acceptors (Lipinski definition) is 2. The number of nitrogens with zero attached hydrogens (tertiary/aromatic N) is 1. The highest BCUT2D eigenvalue weighted by atomic mass is 32.1. The molecule has 0 saturated carbocycles. The Balaban J connectivity index is 1.14. The van der Waals surface area contributed by atoms with E-state index < -0.39 is 18.9 Å². The lowest BCUT2D eigenvalue weighted by Crippen LogP contribution is -2.45. The molecule has 66 heavy (non-hydrogen) atoms. The summed E-state index contributed by atoms with van der Waals surface area (Å²) in [5, 5.41) is 4.96. The first-order chi connectivity index (χ1) is 32.3. The Morgan fingerprint density at radius 1 is 0.394 bits per heavy atom. The lowest BCUT2D eigenvalue weighted by atomic mass is 9.67. The molecule has 0 aliphatic heterocycles. The van der Waals surface area contributed by atoms with E-state index in [0.29, 0.717) is 5.54 Å². The minimum absolute atomic E-state index is 0.520. The largest absolute Gasteiger partial charge is 0.310 e. The second-order valence-corrected chi connectivity index (χ2v) is 25.2. The van der Waals surface area contributed by atoms with Gasteiger partial charge in [0, 0.05) is 21.8 Å². The van der Waals surface area contributed by atoms with Crippen molar-refractivity contribution in [1.82, 2.24) is 0 Å². The van der Waals surface area contributed by atoms with Crippen molar-refractivity contribution in [1.29, 1.82) is 0 Å². The molecule has 3 heteroatoms. The van der Waals surface area contributed by atoms with Crippen molar-refractivity contribution in [3.05, 3.63) is 274 Å². The molecule has 0 N–H and O–H groups in total. The average Bonchev–Trinajstić information content (AvgIpc) is 4.05. The Labute approximate surface area is 394 Å². The van der Waals surface area contributed by atoms with Gasteiger partial charge in [-0.25, -0.2) is 0 Å².